The first kappa shape index (κ1) is 21.9. The van der Waals surface area contributed by atoms with Crippen LogP contribution in [0.15, 0.2) is 35.1 Å². The molecule has 0 spiro atoms. The number of hydrogen-bond acceptors (Lipinski definition) is 6. The van der Waals surface area contributed by atoms with E-state index >= 15 is 0 Å². The highest BCUT2D eigenvalue weighted by molar-refractivity contribution is 9.10. The highest BCUT2D eigenvalue weighted by Gasteiger charge is 2.25. The molecule has 2 aromatic heterocycles. The fourth-order valence-electron chi connectivity index (χ4n) is 3.57. The van der Waals surface area contributed by atoms with Crippen molar-refractivity contribution in [2.75, 3.05) is 17.6 Å². The number of nitrogens with zero attached hydrogens (tertiary/aromatic N) is 3. The monoisotopic (exact) mass is 506 g/mol. The van der Waals surface area contributed by atoms with Gasteiger partial charge in [-0.05, 0) is 65.7 Å². The first-order chi connectivity index (χ1) is 14.7. The Morgan fingerprint density at radius 2 is 2.10 bits per heavy atom. The highest BCUT2D eigenvalue weighted by Crippen LogP contribution is 2.34. The van der Waals surface area contributed by atoms with Gasteiger partial charge in [0, 0.05) is 24.1 Å². The molecule has 1 fully saturated rings. The van der Waals surface area contributed by atoms with Gasteiger partial charge in [0.15, 0.2) is 11.4 Å². The fraction of sp³-hybridized carbons (Fsp3) is 0.381. The summed E-state index contributed by atoms with van der Waals surface area (Å²) in [7, 11) is -3.98. The standard InChI is InChI=1S/C21H23BrN4O4S/c1-13-9-15(5-6-16(13)19(27)10-14-3-4-14)18-12-24-21-17(11-20(22)25-26(18)21)23-7-2-8-31(28,29)30/h5-6,9,11-12,14,23H,2-4,7-8,10H2,1H3,(H,28,29,30). The lowest BCUT2D eigenvalue weighted by Gasteiger charge is -2.10. The number of aromatic nitrogens is 3. The van der Waals surface area contributed by atoms with Gasteiger partial charge in [-0.3, -0.25) is 9.35 Å². The van der Waals surface area contributed by atoms with Crippen LogP contribution >= 0.6 is 15.9 Å². The Morgan fingerprint density at radius 1 is 1.32 bits per heavy atom. The lowest BCUT2D eigenvalue weighted by atomic mass is 9.98. The van der Waals surface area contributed by atoms with E-state index < -0.39 is 10.1 Å². The number of halogens is 1. The van der Waals surface area contributed by atoms with E-state index in [1.165, 1.54) is 0 Å². The van der Waals surface area contributed by atoms with E-state index in [0.29, 0.717) is 34.8 Å². The molecular formula is C21H23BrN4O4S. The Kier molecular flexibility index (Phi) is 6.14. The maximum absolute atomic E-state index is 12.5. The van der Waals surface area contributed by atoms with Gasteiger partial charge in [-0.15, -0.1) is 0 Å². The molecule has 164 valence electrons. The molecule has 3 aromatic rings. The molecule has 0 aliphatic heterocycles. The Hall–Kier alpha value is -2.30. The lowest BCUT2D eigenvalue weighted by Crippen LogP contribution is -2.11. The number of anilines is 1. The van der Waals surface area contributed by atoms with Crippen LogP contribution in [0.4, 0.5) is 5.69 Å². The number of carbonyl (C=O) groups excluding carboxylic acids is 1. The smallest absolute Gasteiger partial charge is 0.264 e. The van der Waals surface area contributed by atoms with Crippen molar-refractivity contribution in [1.29, 1.82) is 0 Å². The Morgan fingerprint density at radius 3 is 2.77 bits per heavy atom. The van der Waals surface area contributed by atoms with E-state index in [-0.39, 0.29) is 18.0 Å². The second kappa shape index (κ2) is 8.68. The molecule has 1 aliphatic rings. The van der Waals surface area contributed by atoms with Gasteiger partial charge < -0.3 is 5.32 Å². The second-order valence-electron chi connectivity index (χ2n) is 7.93. The topological polar surface area (TPSA) is 114 Å². The summed E-state index contributed by atoms with van der Waals surface area (Å²) in [4.78, 5) is 17.0. The summed E-state index contributed by atoms with van der Waals surface area (Å²) in [5.74, 6) is 0.435. The summed E-state index contributed by atoms with van der Waals surface area (Å²) in [6.07, 6.45) is 4.90. The minimum atomic E-state index is -3.98. The molecule has 8 nitrogen and oxygen atoms in total. The summed E-state index contributed by atoms with van der Waals surface area (Å²) in [5.41, 5.74) is 4.65. The van der Waals surface area contributed by atoms with Crippen molar-refractivity contribution in [3.05, 3.63) is 46.2 Å². The van der Waals surface area contributed by atoms with Gasteiger partial charge in [0.05, 0.1) is 23.3 Å². The Balaban J connectivity index is 1.59. The normalized spacial score (nSPS) is 14.2. The molecule has 1 aromatic carbocycles. The van der Waals surface area contributed by atoms with Gasteiger partial charge in [0.25, 0.3) is 10.1 Å². The Bertz CT molecular complexity index is 1250. The zero-order valence-electron chi connectivity index (χ0n) is 17.0. The Labute approximate surface area is 189 Å². The van der Waals surface area contributed by atoms with Gasteiger partial charge >= 0.3 is 0 Å². The number of rotatable bonds is 9. The van der Waals surface area contributed by atoms with Crippen LogP contribution in [0.25, 0.3) is 16.9 Å². The van der Waals surface area contributed by atoms with E-state index in [4.69, 9.17) is 4.55 Å². The number of imidazole rings is 1. The second-order valence-corrected chi connectivity index (χ2v) is 10.3. The summed E-state index contributed by atoms with van der Waals surface area (Å²) in [6, 6.07) is 7.54. The average molecular weight is 507 g/mol. The molecule has 0 atom stereocenters. The number of hydrogen-bond donors (Lipinski definition) is 2. The number of nitrogens with one attached hydrogen (secondary N) is 1. The molecule has 0 bridgehead atoms. The first-order valence-electron chi connectivity index (χ1n) is 10.1. The third kappa shape index (κ3) is 5.31. The predicted molar refractivity (Wildman–Crippen MR) is 122 cm³/mol. The van der Waals surface area contributed by atoms with E-state index in [0.717, 1.165) is 35.2 Å². The van der Waals surface area contributed by atoms with Gasteiger partial charge in [-0.25, -0.2) is 9.50 Å². The van der Waals surface area contributed by atoms with E-state index in [2.05, 4.69) is 31.3 Å². The van der Waals surface area contributed by atoms with Crippen molar-refractivity contribution >= 4 is 43.2 Å². The summed E-state index contributed by atoms with van der Waals surface area (Å²) in [5, 5.41) is 7.65. The zero-order chi connectivity index (χ0) is 22.2. The zero-order valence-corrected chi connectivity index (χ0v) is 19.4. The maximum Gasteiger partial charge on any atom is 0.264 e. The van der Waals surface area contributed by atoms with Gasteiger partial charge in [0.2, 0.25) is 0 Å². The van der Waals surface area contributed by atoms with Gasteiger partial charge in [-0.1, -0.05) is 12.1 Å². The van der Waals surface area contributed by atoms with Crippen molar-refractivity contribution in [3.63, 3.8) is 0 Å². The molecule has 0 saturated heterocycles. The molecule has 31 heavy (non-hydrogen) atoms. The van der Waals surface area contributed by atoms with Crippen LogP contribution in [-0.2, 0) is 10.1 Å². The predicted octanol–water partition coefficient (Wildman–Crippen LogP) is 4.14. The summed E-state index contributed by atoms with van der Waals surface area (Å²) < 4.78 is 32.9. The third-order valence-electron chi connectivity index (χ3n) is 5.33. The van der Waals surface area contributed by atoms with Crippen molar-refractivity contribution in [3.8, 4) is 11.3 Å². The largest absolute Gasteiger partial charge is 0.382 e. The molecule has 2 N–H and O–H groups in total. The molecule has 1 saturated carbocycles. The molecule has 0 radical (unpaired) electrons. The van der Waals surface area contributed by atoms with Crippen LogP contribution in [0, 0.1) is 12.8 Å². The molecule has 4 rings (SSSR count). The number of aryl methyl sites for hydroxylation is 1. The van der Waals surface area contributed by atoms with Crippen LogP contribution in [0.2, 0.25) is 0 Å². The van der Waals surface area contributed by atoms with Crippen LogP contribution < -0.4 is 5.32 Å². The number of Topliss-reactive ketones (excluding diaryl/α,β-unsaturated/α-hetero) is 1. The molecule has 1 aliphatic carbocycles. The molecule has 2 heterocycles. The van der Waals surface area contributed by atoms with Crippen LogP contribution in [0.1, 0.15) is 41.6 Å². The van der Waals surface area contributed by atoms with Crippen molar-refractivity contribution < 1.29 is 17.8 Å². The number of benzene rings is 1. The fourth-order valence-corrected chi connectivity index (χ4v) is 4.47. The third-order valence-corrected chi connectivity index (χ3v) is 6.52. The molecular weight excluding hydrogens is 484 g/mol. The van der Waals surface area contributed by atoms with Crippen molar-refractivity contribution in [1.82, 2.24) is 14.6 Å². The van der Waals surface area contributed by atoms with Gasteiger partial charge in [-0.2, -0.15) is 13.5 Å². The lowest BCUT2D eigenvalue weighted by molar-refractivity contribution is 0.0975. The van der Waals surface area contributed by atoms with E-state index in [1.807, 2.05) is 25.1 Å². The molecule has 10 heteroatoms. The average Bonchev–Trinajstić information content (AvgIpc) is 3.40. The summed E-state index contributed by atoms with van der Waals surface area (Å²) in [6.45, 7) is 2.30. The minimum absolute atomic E-state index is 0.196. The van der Waals surface area contributed by atoms with E-state index in [9.17, 15) is 13.2 Å². The minimum Gasteiger partial charge on any atom is -0.382 e. The van der Waals surface area contributed by atoms with Crippen LogP contribution in [0.5, 0.6) is 0 Å². The van der Waals surface area contributed by atoms with Crippen molar-refractivity contribution in [2.24, 2.45) is 5.92 Å². The number of ketones is 1. The van der Waals surface area contributed by atoms with Gasteiger partial charge in [0.1, 0.15) is 4.60 Å². The first-order valence-corrected chi connectivity index (χ1v) is 12.5. The quantitative estimate of drug-likeness (QED) is 0.254. The molecule has 0 unspecified atom stereocenters. The van der Waals surface area contributed by atoms with Crippen LogP contribution in [0.3, 0.4) is 0 Å². The SMILES string of the molecule is Cc1cc(-c2cnc3c(NCCCS(=O)(=O)O)cc(Br)nn23)ccc1C(=O)CC1CC1. The van der Waals surface area contributed by atoms with Crippen molar-refractivity contribution in [2.45, 2.75) is 32.6 Å². The maximum atomic E-state index is 12.5. The van der Waals surface area contributed by atoms with Crippen LogP contribution in [-0.4, -0.2) is 45.6 Å². The summed E-state index contributed by atoms with van der Waals surface area (Å²) >= 11 is 3.41. The van der Waals surface area contributed by atoms with E-state index in [1.54, 1.807) is 16.8 Å². The molecule has 0 amide bonds. The number of fused-ring (bicyclic) bond motifs is 1. The highest BCUT2D eigenvalue weighted by atomic mass is 79.9. The number of carbonyl (C=O) groups is 1.